The van der Waals surface area contributed by atoms with Gasteiger partial charge in [-0.3, -0.25) is 4.79 Å². The molecular formula is C18H22ClN5O. The summed E-state index contributed by atoms with van der Waals surface area (Å²) in [6, 6.07) is 5.43. The lowest BCUT2D eigenvalue weighted by atomic mass is 10.1. The quantitative estimate of drug-likeness (QED) is 0.913. The maximum absolute atomic E-state index is 12.6. The van der Waals surface area contributed by atoms with E-state index in [0.29, 0.717) is 27.9 Å². The maximum atomic E-state index is 12.6. The monoisotopic (exact) mass is 359 g/mol. The molecule has 2 aromatic rings. The van der Waals surface area contributed by atoms with E-state index in [9.17, 15) is 4.79 Å². The number of amides is 1. The zero-order chi connectivity index (χ0) is 18.0. The highest BCUT2D eigenvalue weighted by molar-refractivity contribution is 6.31. The second kappa shape index (κ2) is 7.37. The number of nitrogens with zero attached hydrogens (tertiary/aromatic N) is 4. The van der Waals surface area contributed by atoms with Gasteiger partial charge in [-0.25, -0.2) is 9.97 Å². The van der Waals surface area contributed by atoms with Crippen LogP contribution in [0, 0.1) is 13.8 Å². The number of likely N-dealkylation sites (N-methyl/N-ethyl adjacent to an activating group) is 1. The molecule has 1 aromatic carbocycles. The Morgan fingerprint density at radius 3 is 2.60 bits per heavy atom. The van der Waals surface area contributed by atoms with Crippen molar-refractivity contribution < 1.29 is 4.79 Å². The number of halogens is 1. The summed E-state index contributed by atoms with van der Waals surface area (Å²) in [5, 5.41) is 3.51. The molecule has 1 amide bonds. The minimum atomic E-state index is -0.229. The number of carbonyl (C=O) groups excluding carboxylic acids is 1. The van der Waals surface area contributed by atoms with E-state index in [0.717, 1.165) is 31.7 Å². The van der Waals surface area contributed by atoms with E-state index >= 15 is 0 Å². The van der Waals surface area contributed by atoms with E-state index in [1.165, 1.54) is 0 Å². The Kier molecular flexibility index (Phi) is 5.20. The Labute approximate surface area is 152 Å². The molecule has 6 nitrogen and oxygen atoms in total. The third-order valence-corrected chi connectivity index (χ3v) is 4.92. The molecule has 1 aliphatic heterocycles. The maximum Gasteiger partial charge on any atom is 0.259 e. The molecule has 0 bridgehead atoms. The molecule has 1 saturated heterocycles. The van der Waals surface area contributed by atoms with Gasteiger partial charge in [0.1, 0.15) is 0 Å². The number of hydrogen-bond donors (Lipinski definition) is 1. The minimum absolute atomic E-state index is 0.229. The fraction of sp³-hybridized carbons (Fsp3) is 0.389. The molecule has 3 rings (SSSR count). The first-order valence-corrected chi connectivity index (χ1v) is 8.67. The van der Waals surface area contributed by atoms with Crippen molar-refractivity contribution in [3.05, 3.63) is 46.2 Å². The summed E-state index contributed by atoms with van der Waals surface area (Å²) in [7, 11) is 2.11. The topological polar surface area (TPSA) is 61.4 Å². The Morgan fingerprint density at radius 2 is 1.92 bits per heavy atom. The molecule has 0 saturated carbocycles. The van der Waals surface area contributed by atoms with Crippen LogP contribution in [0.5, 0.6) is 0 Å². The first-order chi connectivity index (χ1) is 12.0. The van der Waals surface area contributed by atoms with Gasteiger partial charge in [-0.1, -0.05) is 17.7 Å². The fourth-order valence-corrected chi connectivity index (χ4v) is 2.94. The van der Waals surface area contributed by atoms with Crippen LogP contribution < -0.4 is 10.2 Å². The standard InChI is InChI=1S/C18H22ClN5O/c1-12-15(19)5-4-6-16(12)22-17(25)14-11-20-18(21-13(14)2)24-9-7-23(3)8-10-24/h4-6,11H,7-10H2,1-3H3,(H,22,25). The highest BCUT2D eigenvalue weighted by atomic mass is 35.5. The summed E-state index contributed by atoms with van der Waals surface area (Å²) in [6.45, 7) is 7.46. The molecule has 1 aromatic heterocycles. The van der Waals surface area contributed by atoms with E-state index in [4.69, 9.17) is 11.6 Å². The highest BCUT2D eigenvalue weighted by Gasteiger charge is 2.19. The highest BCUT2D eigenvalue weighted by Crippen LogP contribution is 2.24. The van der Waals surface area contributed by atoms with Gasteiger partial charge in [-0.2, -0.15) is 0 Å². The molecule has 0 spiro atoms. The SMILES string of the molecule is Cc1nc(N2CCN(C)CC2)ncc1C(=O)Nc1cccc(Cl)c1C. The summed E-state index contributed by atoms with van der Waals surface area (Å²) >= 11 is 6.11. The first kappa shape index (κ1) is 17.6. The zero-order valence-electron chi connectivity index (χ0n) is 14.7. The van der Waals surface area contributed by atoms with E-state index < -0.39 is 0 Å². The number of aryl methyl sites for hydroxylation is 1. The Bertz CT molecular complexity index is 787. The van der Waals surface area contributed by atoms with Crippen LogP contribution in [-0.2, 0) is 0 Å². The van der Waals surface area contributed by atoms with E-state index in [1.807, 2.05) is 26.0 Å². The van der Waals surface area contributed by atoms with Crippen LogP contribution in [0.3, 0.4) is 0 Å². The van der Waals surface area contributed by atoms with Crippen LogP contribution in [0.15, 0.2) is 24.4 Å². The molecule has 0 radical (unpaired) electrons. The van der Waals surface area contributed by atoms with E-state index in [-0.39, 0.29) is 5.91 Å². The molecule has 0 unspecified atom stereocenters. The van der Waals surface area contributed by atoms with Crippen LogP contribution >= 0.6 is 11.6 Å². The zero-order valence-corrected chi connectivity index (χ0v) is 15.5. The molecule has 0 aliphatic carbocycles. The number of anilines is 2. The largest absolute Gasteiger partial charge is 0.338 e. The average molecular weight is 360 g/mol. The predicted molar refractivity (Wildman–Crippen MR) is 101 cm³/mol. The summed E-state index contributed by atoms with van der Waals surface area (Å²) in [5.74, 6) is 0.453. The lowest BCUT2D eigenvalue weighted by Gasteiger charge is -2.32. The molecule has 25 heavy (non-hydrogen) atoms. The summed E-state index contributed by atoms with van der Waals surface area (Å²) in [5.41, 5.74) is 2.67. The summed E-state index contributed by atoms with van der Waals surface area (Å²) in [6.07, 6.45) is 1.60. The van der Waals surface area contributed by atoms with Crippen molar-refractivity contribution in [3.63, 3.8) is 0 Å². The normalized spacial score (nSPS) is 15.3. The van der Waals surface area contributed by atoms with Gasteiger partial charge in [0.2, 0.25) is 5.95 Å². The third kappa shape index (κ3) is 3.91. The average Bonchev–Trinajstić information content (AvgIpc) is 2.59. The molecule has 0 atom stereocenters. The number of hydrogen-bond acceptors (Lipinski definition) is 5. The number of piperazine rings is 1. The Balaban J connectivity index is 1.76. The van der Waals surface area contributed by atoms with Gasteiger partial charge in [-0.15, -0.1) is 0 Å². The van der Waals surface area contributed by atoms with Gasteiger partial charge < -0.3 is 15.1 Å². The smallest absolute Gasteiger partial charge is 0.259 e. The van der Waals surface area contributed by atoms with Crippen molar-refractivity contribution in [1.29, 1.82) is 0 Å². The van der Waals surface area contributed by atoms with Crippen molar-refractivity contribution in [2.24, 2.45) is 0 Å². The van der Waals surface area contributed by atoms with Gasteiger partial charge >= 0.3 is 0 Å². The molecule has 1 aliphatic rings. The number of nitrogens with one attached hydrogen (secondary N) is 1. The first-order valence-electron chi connectivity index (χ1n) is 8.29. The predicted octanol–water partition coefficient (Wildman–Crippen LogP) is 2.75. The second-order valence-electron chi connectivity index (χ2n) is 6.33. The van der Waals surface area contributed by atoms with E-state index in [1.54, 1.807) is 12.3 Å². The van der Waals surface area contributed by atoms with Gasteiger partial charge in [-0.05, 0) is 38.6 Å². The molecule has 1 fully saturated rings. The molecule has 132 valence electrons. The van der Waals surface area contributed by atoms with Crippen LogP contribution in [0.2, 0.25) is 5.02 Å². The van der Waals surface area contributed by atoms with Crippen molar-refractivity contribution >= 4 is 29.1 Å². The Morgan fingerprint density at radius 1 is 1.20 bits per heavy atom. The van der Waals surface area contributed by atoms with Crippen molar-refractivity contribution in [2.75, 3.05) is 43.4 Å². The van der Waals surface area contributed by atoms with E-state index in [2.05, 4.69) is 32.1 Å². The van der Waals surface area contributed by atoms with Gasteiger partial charge in [0, 0.05) is 43.1 Å². The van der Waals surface area contributed by atoms with Crippen molar-refractivity contribution in [2.45, 2.75) is 13.8 Å². The summed E-state index contributed by atoms with van der Waals surface area (Å²) < 4.78 is 0. The van der Waals surface area contributed by atoms with Gasteiger partial charge in [0.25, 0.3) is 5.91 Å². The van der Waals surface area contributed by atoms with Crippen LogP contribution in [0.1, 0.15) is 21.6 Å². The summed E-state index contributed by atoms with van der Waals surface area (Å²) in [4.78, 5) is 25.9. The lowest BCUT2D eigenvalue weighted by molar-refractivity contribution is 0.102. The van der Waals surface area contributed by atoms with Crippen molar-refractivity contribution in [3.8, 4) is 0 Å². The lowest BCUT2D eigenvalue weighted by Crippen LogP contribution is -2.45. The molecule has 1 N–H and O–H groups in total. The molecular weight excluding hydrogens is 338 g/mol. The second-order valence-corrected chi connectivity index (χ2v) is 6.73. The molecule has 7 heteroatoms. The van der Waals surface area contributed by atoms with Gasteiger partial charge in [0.15, 0.2) is 0 Å². The number of carbonyl (C=O) groups is 1. The Hall–Kier alpha value is -2.18. The number of rotatable bonds is 3. The fourth-order valence-electron chi connectivity index (χ4n) is 2.77. The minimum Gasteiger partial charge on any atom is -0.338 e. The van der Waals surface area contributed by atoms with Crippen LogP contribution in [0.4, 0.5) is 11.6 Å². The number of aromatic nitrogens is 2. The van der Waals surface area contributed by atoms with Crippen LogP contribution in [0.25, 0.3) is 0 Å². The number of benzene rings is 1. The molecule has 2 heterocycles. The van der Waals surface area contributed by atoms with Crippen LogP contribution in [-0.4, -0.2) is 54.0 Å². The van der Waals surface area contributed by atoms with Gasteiger partial charge in [0.05, 0.1) is 11.3 Å². The van der Waals surface area contributed by atoms with Crippen molar-refractivity contribution in [1.82, 2.24) is 14.9 Å². The third-order valence-electron chi connectivity index (χ3n) is 4.51.